The van der Waals surface area contributed by atoms with E-state index in [9.17, 15) is 4.79 Å². The van der Waals surface area contributed by atoms with Gasteiger partial charge in [0.2, 0.25) is 17.4 Å². The van der Waals surface area contributed by atoms with Crippen LogP contribution in [0.3, 0.4) is 0 Å². The molecule has 0 N–H and O–H groups in total. The van der Waals surface area contributed by atoms with Gasteiger partial charge in [-0.3, -0.25) is 4.79 Å². The molecular weight excluding hydrogens is 313 g/mol. The normalized spacial score (nSPS) is 26.9. The second kappa shape index (κ2) is 5.98. The van der Waals surface area contributed by atoms with Crippen LogP contribution in [0.1, 0.15) is 18.7 Å². The molecule has 1 amide bonds. The number of benzene rings is 1. The number of carbonyl (C=O) groups excluding carboxylic acids is 1. The van der Waals surface area contributed by atoms with Crippen molar-refractivity contribution in [1.82, 2.24) is 15.0 Å². The maximum absolute atomic E-state index is 15.2. The molecule has 2 saturated heterocycles. The Hall–Kier alpha value is -2.28. The van der Waals surface area contributed by atoms with Crippen LogP contribution in [0.2, 0.25) is 0 Å². The maximum Gasteiger partial charge on any atom is 0.266 e. The number of aromatic nitrogens is 2. The van der Waals surface area contributed by atoms with Gasteiger partial charge in [-0.15, -0.1) is 0 Å². The van der Waals surface area contributed by atoms with Crippen LogP contribution in [0.25, 0.3) is 11.4 Å². The molecule has 2 atom stereocenters. The first-order valence-electron chi connectivity index (χ1n) is 8.11. The molecule has 0 aliphatic carbocycles. The van der Waals surface area contributed by atoms with Crippen LogP contribution in [-0.2, 0) is 15.2 Å². The van der Waals surface area contributed by atoms with E-state index in [2.05, 4.69) is 10.1 Å². The summed E-state index contributed by atoms with van der Waals surface area (Å²) >= 11 is 0. The highest BCUT2D eigenvalue weighted by molar-refractivity contribution is 5.79. The Morgan fingerprint density at radius 2 is 2.17 bits per heavy atom. The van der Waals surface area contributed by atoms with Crippen LogP contribution in [0.5, 0.6) is 0 Å². The Balaban J connectivity index is 1.50. The molecule has 7 heteroatoms. The first-order valence-corrected chi connectivity index (χ1v) is 8.11. The van der Waals surface area contributed by atoms with Crippen LogP contribution in [0.4, 0.5) is 4.39 Å². The first-order chi connectivity index (χ1) is 11.7. The van der Waals surface area contributed by atoms with Crippen LogP contribution in [-0.4, -0.2) is 47.3 Å². The molecule has 2 aliphatic heterocycles. The van der Waals surface area contributed by atoms with E-state index in [4.69, 9.17) is 9.26 Å². The molecule has 0 radical (unpaired) electrons. The van der Waals surface area contributed by atoms with E-state index in [-0.39, 0.29) is 30.7 Å². The molecule has 126 valence electrons. The predicted molar refractivity (Wildman–Crippen MR) is 82.6 cm³/mol. The lowest BCUT2D eigenvalue weighted by atomic mass is 10.1. The van der Waals surface area contributed by atoms with Gasteiger partial charge in [-0.25, -0.2) is 4.39 Å². The topological polar surface area (TPSA) is 68.5 Å². The van der Waals surface area contributed by atoms with E-state index < -0.39 is 5.67 Å². The molecule has 0 saturated carbocycles. The van der Waals surface area contributed by atoms with Crippen LogP contribution >= 0.6 is 0 Å². The minimum atomic E-state index is -1.78. The highest BCUT2D eigenvalue weighted by atomic mass is 19.1. The van der Waals surface area contributed by atoms with E-state index in [0.29, 0.717) is 32.0 Å². The number of hydrogen-bond acceptors (Lipinski definition) is 5. The van der Waals surface area contributed by atoms with Crippen molar-refractivity contribution in [1.29, 1.82) is 0 Å². The fraction of sp³-hybridized carbons (Fsp3) is 0.471. The number of amides is 1. The van der Waals surface area contributed by atoms with Gasteiger partial charge in [0.1, 0.15) is 0 Å². The number of carbonyl (C=O) groups is 1. The van der Waals surface area contributed by atoms with E-state index in [1.807, 2.05) is 30.3 Å². The summed E-state index contributed by atoms with van der Waals surface area (Å²) in [6, 6.07) is 9.27. The number of likely N-dealkylation sites (tertiary alicyclic amines) is 1. The van der Waals surface area contributed by atoms with Crippen molar-refractivity contribution in [3.05, 3.63) is 36.2 Å². The first kappa shape index (κ1) is 15.3. The lowest BCUT2D eigenvalue weighted by molar-refractivity contribution is -0.135. The fourth-order valence-corrected chi connectivity index (χ4v) is 3.23. The average molecular weight is 331 g/mol. The summed E-state index contributed by atoms with van der Waals surface area (Å²) in [6.07, 6.45) is 0.871. The van der Waals surface area contributed by atoms with E-state index in [1.54, 1.807) is 4.90 Å². The minimum absolute atomic E-state index is 0.0429. The number of hydrogen-bond donors (Lipinski definition) is 0. The number of halogens is 1. The van der Waals surface area contributed by atoms with Crippen molar-refractivity contribution < 1.29 is 18.4 Å². The Labute approximate surface area is 138 Å². The molecule has 4 rings (SSSR count). The molecule has 2 aromatic rings. The van der Waals surface area contributed by atoms with Crippen LogP contribution in [0, 0.1) is 5.92 Å². The number of alkyl halides is 1. The van der Waals surface area contributed by atoms with E-state index in [0.717, 1.165) is 5.56 Å². The average Bonchev–Trinajstić information content (AvgIpc) is 3.36. The molecule has 1 aromatic carbocycles. The Bertz CT molecular complexity index is 730. The van der Waals surface area contributed by atoms with Crippen molar-refractivity contribution in [3.63, 3.8) is 0 Å². The van der Waals surface area contributed by atoms with Gasteiger partial charge in [-0.2, -0.15) is 4.98 Å². The predicted octanol–water partition coefficient (Wildman–Crippen LogP) is 2.17. The van der Waals surface area contributed by atoms with Crippen LogP contribution < -0.4 is 0 Å². The molecule has 0 bridgehead atoms. The lowest BCUT2D eigenvalue weighted by Crippen LogP contribution is -2.36. The zero-order valence-corrected chi connectivity index (χ0v) is 13.2. The minimum Gasteiger partial charge on any atom is -0.381 e. The third kappa shape index (κ3) is 2.69. The van der Waals surface area contributed by atoms with Crippen molar-refractivity contribution in [2.24, 2.45) is 5.92 Å². The quantitative estimate of drug-likeness (QED) is 0.862. The molecule has 2 fully saturated rings. The van der Waals surface area contributed by atoms with Crippen LogP contribution in [0.15, 0.2) is 34.9 Å². The maximum atomic E-state index is 15.2. The Kier molecular flexibility index (Phi) is 3.80. The molecular formula is C17H18FN3O3. The third-order valence-electron chi connectivity index (χ3n) is 4.65. The van der Waals surface area contributed by atoms with Gasteiger partial charge < -0.3 is 14.2 Å². The monoisotopic (exact) mass is 331 g/mol. The Morgan fingerprint density at radius 3 is 2.92 bits per heavy atom. The number of nitrogens with zero attached hydrogens (tertiary/aromatic N) is 3. The van der Waals surface area contributed by atoms with Gasteiger partial charge >= 0.3 is 0 Å². The highest BCUT2D eigenvalue weighted by Crippen LogP contribution is 2.37. The summed E-state index contributed by atoms with van der Waals surface area (Å²) in [6.45, 7) is 1.33. The summed E-state index contributed by atoms with van der Waals surface area (Å²) in [4.78, 5) is 18.2. The van der Waals surface area contributed by atoms with Gasteiger partial charge in [-0.05, 0) is 6.42 Å². The zero-order valence-electron chi connectivity index (χ0n) is 13.2. The number of ether oxygens (including phenoxy) is 1. The summed E-state index contributed by atoms with van der Waals surface area (Å²) in [5.41, 5.74) is -1.01. The highest BCUT2D eigenvalue weighted by Gasteiger charge is 2.47. The lowest BCUT2D eigenvalue weighted by Gasteiger charge is -2.20. The summed E-state index contributed by atoms with van der Waals surface area (Å²) in [7, 11) is 0. The largest absolute Gasteiger partial charge is 0.381 e. The summed E-state index contributed by atoms with van der Waals surface area (Å²) in [5.74, 6) is 0.0978. The second-order valence-corrected chi connectivity index (χ2v) is 6.32. The molecule has 2 unspecified atom stereocenters. The SMILES string of the molecule is O=C(C1CCOC1)N1CCC(F)(c2nc(-c3ccccc3)no2)C1. The molecule has 2 aliphatic rings. The summed E-state index contributed by atoms with van der Waals surface area (Å²) < 4.78 is 25.7. The number of rotatable bonds is 3. The fourth-order valence-electron chi connectivity index (χ4n) is 3.23. The van der Waals surface area contributed by atoms with Crippen molar-refractivity contribution in [3.8, 4) is 11.4 Å². The second-order valence-electron chi connectivity index (χ2n) is 6.32. The molecule has 6 nitrogen and oxygen atoms in total. The van der Waals surface area contributed by atoms with Gasteiger partial charge in [-0.1, -0.05) is 35.5 Å². The van der Waals surface area contributed by atoms with Gasteiger partial charge in [0.25, 0.3) is 5.89 Å². The van der Waals surface area contributed by atoms with Crippen molar-refractivity contribution >= 4 is 5.91 Å². The van der Waals surface area contributed by atoms with E-state index >= 15 is 4.39 Å². The van der Waals surface area contributed by atoms with Crippen molar-refractivity contribution in [2.45, 2.75) is 18.5 Å². The summed E-state index contributed by atoms with van der Waals surface area (Å²) in [5, 5.41) is 3.87. The molecule has 3 heterocycles. The van der Waals surface area contributed by atoms with Gasteiger partial charge in [0.05, 0.1) is 19.1 Å². The van der Waals surface area contributed by atoms with E-state index in [1.165, 1.54) is 0 Å². The zero-order chi connectivity index (χ0) is 16.6. The van der Waals surface area contributed by atoms with Gasteiger partial charge in [0.15, 0.2) is 0 Å². The molecule has 24 heavy (non-hydrogen) atoms. The Morgan fingerprint density at radius 1 is 1.33 bits per heavy atom. The molecule has 0 spiro atoms. The molecule has 1 aromatic heterocycles. The standard InChI is InChI=1S/C17H18FN3O3/c18-17(7-8-21(11-17)15(22)13-6-9-23-10-13)16-19-14(20-24-16)12-4-2-1-3-5-12/h1-5,13H,6-11H2. The third-order valence-corrected chi connectivity index (χ3v) is 4.65. The van der Waals surface area contributed by atoms with Crippen molar-refractivity contribution in [2.75, 3.05) is 26.3 Å². The van der Waals surface area contributed by atoms with Gasteiger partial charge in [0, 0.05) is 25.1 Å². The smallest absolute Gasteiger partial charge is 0.266 e.